The molecule has 0 aliphatic carbocycles. The molecule has 3 aromatic carbocycles. The highest BCUT2D eigenvalue weighted by Crippen LogP contribution is 2.41. The van der Waals surface area contributed by atoms with Crippen LogP contribution in [0, 0.1) is 13.8 Å². The average molecular weight is 460 g/mol. The van der Waals surface area contributed by atoms with Crippen molar-refractivity contribution < 1.29 is 19.0 Å². The third-order valence-electron chi connectivity index (χ3n) is 6.04. The first-order valence-electron chi connectivity index (χ1n) is 11.8. The Labute approximate surface area is 202 Å². The molecule has 178 valence electrons. The second kappa shape index (κ2) is 9.80. The number of carbonyl (C=O) groups excluding carboxylic acids is 1. The van der Waals surface area contributed by atoms with E-state index in [1.165, 1.54) is 23.6 Å². The van der Waals surface area contributed by atoms with Crippen LogP contribution < -0.4 is 14.8 Å². The first-order valence-corrected chi connectivity index (χ1v) is 11.8. The number of rotatable bonds is 7. The molecule has 0 aromatic heterocycles. The lowest BCUT2D eigenvalue weighted by atomic mass is 9.93. The van der Waals surface area contributed by atoms with Gasteiger partial charge in [-0.2, -0.15) is 0 Å². The summed E-state index contributed by atoms with van der Waals surface area (Å²) >= 11 is 0. The van der Waals surface area contributed by atoms with E-state index in [2.05, 4.69) is 69.4 Å². The lowest BCUT2D eigenvalue weighted by molar-refractivity contribution is -0.149. The van der Waals surface area contributed by atoms with Crippen LogP contribution in [0.4, 0.5) is 5.69 Å². The minimum Gasteiger partial charge on any atom is -0.490 e. The van der Waals surface area contributed by atoms with Gasteiger partial charge in [-0.3, -0.25) is 4.79 Å². The number of hydrogen-bond acceptors (Lipinski definition) is 5. The molecule has 0 bridgehead atoms. The van der Waals surface area contributed by atoms with Crippen LogP contribution >= 0.6 is 0 Å². The largest absolute Gasteiger partial charge is 0.490 e. The van der Waals surface area contributed by atoms with Crippen molar-refractivity contribution in [3.8, 4) is 22.6 Å². The molecule has 1 N–H and O–H groups in total. The van der Waals surface area contributed by atoms with Crippen LogP contribution in [0.1, 0.15) is 56.1 Å². The molecule has 1 aliphatic heterocycles. The molecule has 5 heteroatoms. The monoisotopic (exact) mass is 459 g/mol. The van der Waals surface area contributed by atoms with Gasteiger partial charge in [-0.25, -0.2) is 0 Å². The van der Waals surface area contributed by atoms with Crippen LogP contribution in [0.5, 0.6) is 11.5 Å². The summed E-state index contributed by atoms with van der Waals surface area (Å²) in [6, 6.07) is 18.6. The van der Waals surface area contributed by atoms with Crippen molar-refractivity contribution in [2.75, 3.05) is 5.32 Å². The number of hydrogen-bond donors (Lipinski definition) is 1. The Morgan fingerprint density at radius 3 is 2.44 bits per heavy atom. The molecule has 0 fully saturated rings. The average Bonchev–Trinajstić information content (AvgIpc) is 3.07. The zero-order chi connectivity index (χ0) is 24.4. The number of carbonyl (C=O) groups is 1. The smallest absolute Gasteiger partial charge is 0.303 e. The summed E-state index contributed by atoms with van der Waals surface area (Å²) in [7, 11) is 0. The van der Waals surface area contributed by atoms with Gasteiger partial charge in [0.25, 0.3) is 0 Å². The van der Waals surface area contributed by atoms with Crippen molar-refractivity contribution in [3.05, 3.63) is 76.9 Å². The maximum atomic E-state index is 11.5. The molecular weight excluding hydrogens is 426 g/mol. The number of ether oxygens (including phenoxy) is 3. The fourth-order valence-electron chi connectivity index (χ4n) is 4.57. The van der Waals surface area contributed by atoms with Gasteiger partial charge in [0, 0.05) is 41.9 Å². The van der Waals surface area contributed by atoms with Crippen LogP contribution in [0.25, 0.3) is 11.1 Å². The summed E-state index contributed by atoms with van der Waals surface area (Å²) in [4.78, 5) is 11.5. The Morgan fingerprint density at radius 1 is 1.06 bits per heavy atom. The molecule has 0 saturated heterocycles. The van der Waals surface area contributed by atoms with Crippen molar-refractivity contribution in [2.24, 2.45) is 0 Å². The summed E-state index contributed by atoms with van der Waals surface area (Å²) in [5, 5.41) is 3.51. The number of esters is 1. The van der Waals surface area contributed by atoms with Gasteiger partial charge < -0.3 is 19.5 Å². The molecule has 0 amide bonds. The highest BCUT2D eigenvalue weighted by molar-refractivity contribution is 5.77. The third kappa shape index (κ3) is 4.89. The van der Waals surface area contributed by atoms with Gasteiger partial charge in [-0.05, 0) is 63.4 Å². The Hall–Kier alpha value is -3.47. The Morgan fingerprint density at radius 2 is 1.76 bits per heavy atom. The number of para-hydroxylation sites is 1. The van der Waals surface area contributed by atoms with E-state index in [4.69, 9.17) is 14.2 Å². The summed E-state index contributed by atoms with van der Waals surface area (Å²) in [5.41, 5.74) is 7.70. The molecule has 1 aliphatic rings. The van der Waals surface area contributed by atoms with Crippen molar-refractivity contribution in [1.29, 1.82) is 0 Å². The van der Waals surface area contributed by atoms with E-state index in [0.717, 1.165) is 33.9 Å². The van der Waals surface area contributed by atoms with Gasteiger partial charge in [0.2, 0.25) is 0 Å². The predicted molar refractivity (Wildman–Crippen MR) is 135 cm³/mol. The lowest BCUT2D eigenvalue weighted by Crippen LogP contribution is -2.18. The van der Waals surface area contributed by atoms with Crippen LogP contribution in [0.15, 0.2) is 54.6 Å². The normalized spacial score (nSPS) is 16.7. The van der Waals surface area contributed by atoms with Crippen molar-refractivity contribution >= 4 is 11.7 Å². The van der Waals surface area contributed by atoms with E-state index in [0.29, 0.717) is 6.54 Å². The standard InChI is InChI=1S/C29H33NO4/c1-17(2)32-29-22(11-8-12-25(29)27-18(3)9-7-10-19(27)4)16-30-23-13-14-24-26(15-23)33-20(5)28(24)34-21(6)31/h7-15,17,20,28,30H,16H2,1-6H3/t20?,28-/m1/s1. The number of anilines is 1. The zero-order valence-corrected chi connectivity index (χ0v) is 20.8. The van der Waals surface area contributed by atoms with E-state index in [1.807, 2.05) is 25.1 Å². The van der Waals surface area contributed by atoms with E-state index in [-0.39, 0.29) is 24.3 Å². The first-order chi connectivity index (χ1) is 16.2. The van der Waals surface area contributed by atoms with E-state index < -0.39 is 0 Å². The molecular formula is C29H33NO4. The van der Waals surface area contributed by atoms with Crippen LogP contribution in [-0.4, -0.2) is 18.2 Å². The number of benzene rings is 3. The van der Waals surface area contributed by atoms with Crippen LogP contribution in [0.2, 0.25) is 0 Å². The van der Waals surface area contributed by atoms with Crippen LogP contribution in [0.3, 0.4) is 0 Å². The summed E-state index contributed by atoms with van der Waals surface area (Å²) < 4.78 is 17.8. The minimum atomic E-state index is -0.373. The van der Waals surface area contributed by atoms with Crippen molar-refractivity contribution in [2.45, 2.75) is 66.4 Å². The second-order valence-electron chi connectivity index (χ2n) is 9.19. The van der Waals surface area contributed by atoms with Gasteiger partial charge in [0.05, 0.1) is 6.10 Å². The highest BCUT2D eigenvalue weighted by Gasteiger charge is 2.33. The molecule has 5 nitrogen and oxygen atoms in total. The fourth-order valence-corrected chi connectivity index (χ4v) is 4.57. The fraction of sp³-hybridized carbons (Fsp3) is 0.345. The molecule has 0 spiro atoms. The topological polar surface area (TPSA) is 56.8 Å². The van der Waals surface area contributed by atoms with Gasteiger partial charge in [0.15, 0.2) is 6.10 Å². The van der Waals surface area contributed by atoms with Crippen LogP contribution in [-0.2, 0) is 16.1 Å². The Kier molecular flexibility index (Phi) is 6.82. The SMILES string of the molecule is CC(=O)O[C@H]1c2ccc(NCc3cccc(-c4c(C)cccc4C)c3OC(C)C)cc2OC1C. The summed E-state index contributed by atoms with van der Waals surface area (Å²) in [5.74, 6) is 1.34. The number of nitrogens with one attached hydrogen (secondary N) is 1. The quantitative estimate of drug-likeness (QED) is 0.396. The summed E-state index contributed by atoms with van der Waals surface area (Å²) in [6.07, 6.45) is -0.534. The predicted octanol–water partition coefficient (Wildman–Crippen LogP) is 6.75. The summed E-state index contributed by atoms with van der Waals surface area (Å²) in [6.45, 7) is 12.3. The van der Waals surface area contributed by atoms with Gasteiger partial charge in [0.1, 0.15) is 17.6 Å². The molecule has 0 radical (unpaired) electrons. The second-order valence-corrected chi connectivity index (χ2v) is 9.19. The van der Waals surface area contributed by atoms with Gasteiger partial charge in [-0.15, -0.1) is 0 Å². The highest BCUT2D eigenvalue weighted by atomic mass is 16.6. The third-order valence-corrected chi connectivity index (χ3v) is 6.04. The molecule has 3 aromatic rings. The van der Waals surface area contributed by atoms with E-state index in [9.17, 15) is 4.79 Å². The zero-order valence-electron chi connectivity index (χ0n) is 20.8. The maximum absolute atomic E-state index is 11.5. The van der Waals surface area contributed by atoms with E-state index in [1.54, 1.807) is 0 Å². The maximum Gasteiger partial charge on any atom is 0.303 e. The Balaban J connectivity index is 1.62. The van der Waals surface area contributed by atoms with E-state index >= 15 is 0 Å². The Bertz CT molecular complexity index is 1180. The molecule has 2 atom stereocenters. The first kappa shape index (κ1) is 23.7. The van der Waals surface area contributed by atoms with Gasteiger partial charge in [-0.1, -0.05) is 36.4 Å². The molecule has 0 saturated carbocycles. The molecule has 1 heterocycles. The minimum absolute atomic E-state index is 0.0531. The molecule has 1 unspecified atom stereocenters. The van der Waals surface area contributed by atoms with Gasteiger partial charge >= 0.3 is 5.97 Å². The molecule has 34 heavy (non-hydrogen) atoms. The number of aryl methyl sites for hydroxylation is 2. The van der Waals surface area contributed by atoms with Crippen molar-refractivity contribution in [3.63, 3.8) is 0 Å². The lowest BCUT2D eigenvalue weighted by Gasteiger charge is -2.21. The number of fused-ring (bicyclic) bond motifs is 1. The molecule has 4 rings (SSSR count). The van der Waals surface area contributed by atoms with Crippen molar-refractivity contribution in [1.82, 2.24) is 0 Å².